The van der Waals surface area contributed by atoms with E-state index in [2.05, 4.69) is 10.2 Å². The summed E-state index contributed by atoms with van der Waals surface area (Å²) in [4.78, 5) is 26.9. The first-order valence-electron chi connectivity index (χ1n) is 11.1. The van der Waals surface area contributed by atoms with E-state index in [1.165, 1.54) is 0 Å². The van der Waals surface area contributed by atoms with Gasteiger partial charge in [0, 0.05) is 19.8 Å². The Bertz CT molecular complexity index is 935. The maximum absolute atomic E-state index is 13.7. The third-order valence-corrected chi connectivity index (χ3v) is 6.70. The minimum Gasteiger partial charge on any atom is -0.492 e. The van der Waals surface area contributed by atoms with Crippen LogP contribution in [0.3, 0.4) is 0 Å². The van der Waals surface area contributed by atoms with E-state index >= 15 is 0 Å². The quantitative estimate of drug-likeness (QED) is 0.626. The van der Waals surface area contributed by atoms with Gasteiger partial charge in [0.2, 0.25) is 5.91 Å². The molecule has 0 spiro atoms. The minimum absolute atomic E-state index is 0.00261. The average Bonchev–Trinajstić information content (AvgIpc) is 3.60. The highest BCUT2D eigenvalue weighted by atomic mass is 16.5. The summed E-state index contributed by atoms with van der Waals surface area (Å²) < 4.78 is 11.4. The molecule has 1 saturated heterocycles. The number of benzene rings is 2. The van der Waals surface area contributed by atoms with Crippen molar-refractivity contribution in [1.82, 2.24) is 10.2 Å². The van der Waals surface area contributed by atoms with Crippen LogP contribution in [0.1, 0.15) is 41.6 Å². The summed E-state index contributed by atoms with van der Waals surface area (Å²) in [5, 5.41) is 12.5. The van der Waals surface area contributed by atoms with Crippen molar-refractivity contribution in [2.45, 2.75) is 36.8 Å². The Kier molecular flexibility index (Phi) is 6.48. The van der Waals surface area contributed by atoms with Crippen molar-refractivity contribution in [2.24, 2.45) is 0 Å². The second-order valence-electron chi connectivity index (χ2n) is 8.65. The molecule has 1 aliphatic carbocycles. The number of hydrogen-bond acceptors (Lipinski definition) is 5. The molecule has 2 aromatic carbocycles. The van der Waals surface area contributed by atoms with E-state index in [1.807, 2.05) is 49.5 Å². The number of rotatable bonds is 9. The van der Waals surface area contributed by atoms with Crippen molar-refractivity contribution in [3.63, 3.8) is 0 Å². The van der Waals surface area contributed by atoms with Crippen molar-refractivity contribution in [1.29, 1.82) is 0 Å². The number of likely N-dealkylation sites (N-methyl/N-ethyl adjacent to an activating group) is 1. The van der Waals surface area contributed by atoms with E-state index in [-0.39, 0.29) is 11.5 Å². The molecule has 2 aliphatic rings. The summed E-state index contributed by atoms with van der Waals surface area (Å²) in [6.45, 7) is 2.18. The number of para-hydroxylation sites is 1. The summed E-state index contributed by atoms with van der Waals surface area (Å²) in [5.41, 5.74) is 0.124. The Labute approximate surface area is 188 Å². The molecule has 32 heavy (non-hydrogen) atoms. The first kappa shape index (κ1) is 22.3. The minimum atomic E-state index is -0.953. The number of carboxylic acid groups (broad SMARTS) is 1. The monoisotopic (exact) mass is 438 g/mol. The van der Waals surface area contributed by atoms with E-state index in [0.29, 0.717) is 39.2 Å². The topological polar surface area (TPSA) is 88.1 Å². The lowest BCUT2D eigenvalue weighted by Gasteiger charge is -2.43. The zero-order chi connectivity index (χ0) is 22.6. The summed E-state index contributed by atoms with van der Waals surface area (Å²) in [5.74, 6) is -0.137. The lowest BCUT2D eigenvalue weighted by Crippen LogP contribution is -2.62. The van der Waals surface area contributed by atoms with Gasteiger partial charge in [-0.25, -0.2) is 4.79 Å². The molecule has 0 unspecified atom stereocenters. The summed E-state index contributed by atoms with van der Waals surface area (Å²) in [7, 11) is 1.97. The number of carboxylic acids is 1. The Balaban J connectivity index is 1.44. The predicted octanol–water partition coefficient (Wildman–Crippen LogP) is 3.05. The fraction of sp³-hybridized carbons (Fsp3) is 0.440. The third kappa shape index (κ3) is 4.64. The first-order chi connectivity index (χ1) is 15.5. The smallest absolute Gasteiger partial charge is 0.335 e. The fourth-order valence-electron chi connectivity index (χ4n) is 4.40. The molecule has 4 rings (SSSR count). The Hall–Kier alpha value is -2.90. The van der Waals surface area contributed by atoms with Gasteiger partial charge >= 0.3 is 5.97 Å². The molecular formula is C25H30N2O5. The van der Waals surface area contributed by atoms with Crippen LogP contribution in [0.4, 0.5) is 0 Å². The standard InChI is InChI=1S/C25H30N2O5/c1-27(15-18-32-21-5-3-2-4-6-21)25(13-16-31-17-14-25)23(30)26-24(11-12-24)20-9-7-19(8-10-20)22(28)29/h2-10H,11-18H2,1H3,(H,26,30)(H,28,29). The number of nitrogens with zero attached hydrogens (tertiary/aromatic N) is 1. The fourth-order valence-corrected chi connectivity index (χ4v) is 4.40. The molecule has 0 aromatic heterocycles. The highest BCUT2D eigenvalue weighted by Crippen LogP contribution is 2.46. The van der Waals surface area contributed by atoms with E-state index in [4.69, 9.17) is 14.6 Å². The maximum Gasteiger partial charge on any atom is 0.335 e. The zero-order valence-electron chi connectivity index (χ0n) is 18.4. The number of carbonyl (C=O) groups excluding carboxylic acids is 1. The van der Waals surface area contributed by atoms with E-state index in [0.717, 1.165) is 24.2 Å². The van der Waals surface area contributed by atoms with Crippen LogP contribution in [-0.4, -0.2) is 60.8 Å². The van der Waals surface area contributed by atoms with E-state index < -0.39 is 17.0 Å². The molecule has 0 bridgehead atoms. The van der Waals surface area contributed by atoms with Crippen molar-refractivity contribution in [3.8, 4) is 5.75 Å². The Morgan fingerprint density at radius 1 is 1.03 bits per heavy atom. The van der Waals surface area contributed by atoms with Gasteiger partial charge in [-0.05, 0) is 62.6 Å². The third-order valence-electron chi connectivity index (χ3n) is 6.70. The predicted molar refractivity (Wildman–Crippen MR) is 120 cm³/mol. The Morgan fingerprint density at radius 3 is 2.28 bits per heavy atom. The number of aromatic carboxylic acids is 1. The van der Waals surface area contributed by atoms with Crippen LogP contribution >= 0.6 is 0 Å². The van der Waals surface area contributed by atoms with Crippen LogP contribution in [0, 0.1) is 0 Å². The van der Waals surface area contributed by atoms with Crippen LogP contribution in [0.15, 0.2) is 54.6 Å². The van der Waals surface area contributed by atoms with Crippen LogP contribution < -0.4 is 10.1 Å². The second-order valence-corrected chi connectivity index (χ2v) is 8.65. The number of ether oxygens (including phenoxy) is 2. The Morgan fingerprint density at radius 2 is 1.69 bits per heavy atom. The maximum atomic E-state index is 13.7. The normalized spacial score (nSPS) is 18.7. The van der Waals surface area contributed by atoms with Gasteiger partial charge in [-0.3, -0.25) is 9.69 Å². The van der Waals surface area contributed by atoms with Crippen molar-refractivity contribution in [2.75, 3.05) is 33.4 Å². The van der Waals surface area contributed by atoms with Gasteiger partial charge < -0.3 is 19.9 Å². The van der Waals surface area contributed by atoms with Gasteiger partial charge in [0.05, 0.1) is 11.1 Å². The van der Waals surface area contributed by atoms with Crippen molar-refractivity contribution < 1.29 is 24.2 Å². The highest BCUT2D eigenvalue weighted by Gasteiger charge is 2.51. The largest absolute Gasteiger partial charge is 0.492 e. The number of amides is 1. The lowest BCUT2D eigenvalue weighted by molar-refractivity contribution is -0.140. The average molecular weight is 439 g/mol. The SMILES string of the molecule is CN(CCOc1ccccc1)C1(C(=O)NC2(c3ccc(C(=O)O)cc3)CC2)CCOCC1. The van der Waals surface area contributed by atoms with Gasteiger partial charge in [-0.15, -0.1) is 0 Å². The summed E-state index contributed by atoms with van der Waals surface area (Å²) in [6.07, 6.45) is 2.93. The van der Waals surface area contributed by atoms with Crippen molar-refractivity contribution in [3.05, 3.63) is 65.7 Å². The van der Waals surface area contributed by atoms with Crippen LogP contribution in [0.2, 0.25) is 0 Å². The molecule has 170 valence electrons. The van der Waals surface area contributed by atoms with Gasteiger partial charge in [0.15, 0.2) is 0 Å². The van der Waals surface area contributed by atoms with Crippen LogP contribution in [-0.2, 0) is 15.1 Å². The van der Waals surface area contributed by atoms with E-state index in [1.54, 1.807) is 12.1 Å². The molecule has 0 radical (unpaired) electrons. The molecule has 7 heteroatoms. The van der Waals surface area contributed by atoms with Gasteiger partial charge in [-0.2, -0.15) is 0 Å². The highest BCUT2D eigenvalue weighted by molar-refractivity contribution is 5.88. The van der Waals surface area contributed by atoms with Gasteiger partial charge in [0.25, 0.3) is 0 Å². The molecule has 1 heterocycles. The number of hydrogen-bond donors (Lipinski definition) is 2. The van der Waals surface area contributed by atoms with Crippen LogP contribution in [0.5, 0.6) is 5.75 Å². The molecule has 1 saturated carbocycles. The number of nitrogens with one attached hydrogen (secondary N) is 1. The molecule has 7 nitrogen and oxygen atoms in total. The van der Waals surface area contributed by atoms with Crippen LogP contribution in [0.25, 0.3) is 0 Å². The second kappa shape index (κ2) is 9.30. The van der Waals surface area contributed by atoms with Crippen molar-refractivity contribution >= 4 is 11.9 Å². The summed E-state index contributed by atoms with van der Waals surface area (Å²) in [6, 6.07) is 16.5. The van der Waals surface area contributed by atoms with Gasteiger partial charge in [-0.1, -0.05) is 30.3 Å². The molecule has 0 atom stereocenters. The molecular weight excluding hydrogens is 408 g/mol. The zero-order valence-corrected chi connectivity index (χ0v) is 18.4. The van der Waals surface area contributed by atoms with Gasteiger partial charge in [0.1, 0.15) is 17.9 Å². The summed E-state index contributed by atoms with van der Waals surface area (Å²) >= 11 is 0. The first-order valence-corrected chi connectivity index (χ1v) is 11.1. The molecule has 1 amide bonds. The lowest BCUT2D eigenvalue weighted by atomic mass is 9.86. The van der Waals surface area contributed by atoms with E-state index in [9.17, 15) is 9.59 Å². The molecule has 2 fully saturated rings. The molecule has 1 aliphatic heterocycles. The number of carbonyl (C=O) groups is 2. The molecule has 2 N–H and O–H groups in total. The molecule has 2 aromatic rings.